The third-order valence-electron chi connectivity index (χ3n) is 8.32. The van der Waals surface area contributed by atoms with E-state index in [-0.39, 0.29) is 38.6 Å². The van der Waals surface area contributed by atoms with Gasteiger partial charge < -0.3 is 28.5 Å². The molecule has 0 spiro atoms. The van der Waals surface area contributed by atoms with Crippen molar-refractivity contribution in [1.82, 2.24) is 0 Å². The fourth-order valence-electron chi connectivity index (χ4n) is 5.14. The summed E-state index contributed by atoms with van der Waals surface area (Å²) in [5.74, 6) is -2.07. The monoisotopic (exact) mass is 735 g/mol. The van der Waals surface area contributed by atoms with Crippen molar-refractivity contribution < 1.29 is 42.9 Å². The van der Waals surface area contributed by atoms with E-state index < -0.39 is 24.3 Å². The van der Waals surface area contributed by atoms with Gasteiger partial charge in [0.1, 0.15) is 13.2 Å². The van der Waals surface area contributed by atoms with Crippen LogP contribution < -0.4 is 0 Å². The average molecular weight is 735 g/mol. The van der Waals surface area contributed by atoms with Crippen molar-refractivity contribution >= 4 is 17.9 Å². The summed E-state index contributed by atoms with van der Waals surface area (Å²) >= 11 is 0. The van der Waals surface area contributed by atoms with Crippen molar-refractivity contribution in [2.24, 2.45) is 0 Å². The van der Waals surface area contributed by atoms with Crippen molar-refractivity contribution in [1.29, 1.82) is 0 Å². The second-order valence-corrected chi connectivity index (χ2v) is 14.6. The molecule has 52 heavy (non-hydrogen) atoms. The van der Waals surface area contributed by atoms with E-state index in [0.717, 1.165) is 77.0 Å². The first-order valence-electron chi connectivity index (χ1n) is 20.3. The molecule has 0 saturated heterocycles. The van der Waals surface area contributed by atoms with E-state index in [1.807, 2.05) is 21.1 Å². The largest absolute Gasteiger partial charge is 0.477 e. The lowest BCUT2D eigenvalue weighted by atomic mass is 10.1. The number of quaternary nitrogens is 1. The summed E-state index contributed by atoms with van der Waals surface area (Å²) in [7, 11) is 5.93. The maximum absolute atomic E-state index is 12.7. The van der Waals surface area contributed by atoms with Crippen LogP contribution >= 0.6 is 0 Å². The molecule has 1 N–H and O–H groups in total. The highest BCUT2D eigenvalue weighted by molar-refractivity contribution is 5.71. The van der Waals surface area contributed by atoms with Gasteiger partial charge in [0.15, 0.2) is 6.10 Å². The maximum atomic E-state index is 12.7. The Labute approximate surface area is 317 Å². The first kappa shape index (κ1) is 49.2. The molecule has 0 saturated carbocycles. The molecule has 0 heterocycles. The van der Waals surface area contributed by atoms with E-state index >= 15 is 0 Å². The van der Waals surface area contributed by atoms with Crippen molar-refractivity contribution in [2.45, 2.75) is 161 Å². The Morgan fingerprint density at radius 1 is 0.596 bits per heavy atom. The number of carbonyl (C=O) groups is 3. The Morgan fingerprint density at radius 3 is 1.67 bits per heavy atom. The van der Waals surface area contributed by atoms with Crippen LogP contribution in [0.2, 0.25) is 0 Å². The number of carboxylic acids is 1. The predicted molar refractivity (Wildman–Crippen MR) is 212 cm³/mol. The van der Waals surface area contributed by atoms with Gasteiger partial charge >= 0.3 is 17.9 Å². The van der Waals surface area contributed by atoms with Crippen LogP contribution in [0.5, 0.6) is 0 Å². The molecule has 0 aliphatic rings. The van der Waals surface area contributed by atoms with Gasteiger partial charge in [0.25, 0.3) is 6.29 Å². The van der Waals surface area contributed by atoms with Crippen LogP contribution in [0, 0.1) is 0 Å². The van der Waals surface area contributed by atoms with Gasteiger partial charge in [0.2, 0.25) is 0 Å². The van der Waals surface area contributed by atoms with E-state index in [0.29, 0.717) is 17.4 Å². The number of carbonyl (C=O) groups excluding carboxylic acids is 2. The molecule has 0 amide bonds. The molecule has 0 radical (unpaired) electrons. The lowest BCUT2D eigenvalue weighted by molar-refractivity contribution is -0.870. The number of ether oxygens (including phenoxy) is 4. The van der Waals surface area contributed by atoms with Gasteiger partial charge in [0, 0.05) is 12.8 Å². The molecule has 0 rings (SSSR count). The summed E-state index contributed by atoms with van der Waals surface area (Å²) in [5.41, 5.74) is 0. The van der Waals surface area contributed by atoms with E-state index in [9.17, 15) is 19.5 Å². The fraction of sp³-hybridized carbons (Fsp3) is 0.744. The van der Waals surface area contributed by atoms with Gasteiger partial charge in [-0.15, -0.1) is 0 Å². The number of unbranched alkanes of at least 4 members (excludes halogenated alkanes) is 13. The zero-order valence-electron chi connectivity index (χ0n) is 33.7. The molecule has 9 heteroatoms. The molecule has 0 bridgehead atoms. The van der Waals surface area contributed by atoms with E-state index in [4.69, 9.17) is 18.9 Å². The Bertz CT molecular complexity index is 998. The van der Waals surface area contributed by atoms with Gasteiger partial charge in [-0.1, -0.05) is 114 Å². The minimum atomic E-state index is -1.52. The highest BCUT2D eigenvalue weighted by Crippen LogP contribution is 2.12. The van der Waals surface area contributed by atoms with E-state index in [1.165, 1.54) is 38.5 Å². The van der Waals surface area contributed by atoms with E-state index in [1.54, 1.807) is 0 Å². The van der Waals surface area contributed by atoms with Gasteiger partial charge in [-0.25, -0.2) is 4.79 Å². The third-order valence-corrected chi connectivity index (χ3v) is 8.32. The van der Waals surface area contributed by atoms with E-state index in [2.05, 4.69) is 62.5 Å². The van der Waals surface area contributed by atoms with Gasteiger partial charge in [0.05, 0.1) is 34.4 Å². The molecule has 0 aromatic rings. The van der Waals surface area contributed by atoms with Crippen molar-refractivity contribution in [2.75, 3.05) is 47.5 Å². The number of hydrogen-bond acceptors (Lipinski definition) is 7. The molecule has 0 fully saturated rings. The average Bonchev–Trinajstić information content (AvgIpc) is 3.09. The van der Waals surface area contributed by atoms with Gasteiger partial charge in [-0.3, -0.25) is 9.59 Å². The normalized spacial score (nSPS) is 13.5. The summed E-state index contributed by atoms with van der Waals surface area (Å²) in [6.45, 7) is 4.67. The molecular weight excluding hydrogens is 658 g/mol. The van der Waals surface area contributed by atoms with Gasteiger partial charge in [-0.05, 0) is 70.6 Å². The van der Waals surface area contributed by atoms with Gasteiger partial charge in [-0.2, -0.15) is 0 Å². The Kier molecular flexibility index (Phi) is 33.4. The molecule has 300 valence electrons. The van der Waals surface area contributed by atoms with Crippen molar-refractivity contribution in [3.63, 3.8) is 0 Å². The molecule has 0 aromatic heterocycles. The van der Waals surface area contributed by atoms with Crippen molar-refractivity contribution in [3.8, 4) is 0 Å². The quantitative estimate of drug-likeness (QED) is 0.0223. The van der Waals surface area contributed by atoms with Crippen LogP contribution in [0.25, 0.3) is 0 Å². The first-order valence-corrected chi connectivity index (χ1v) is 20.3. The number of rotatable bonds is 36. The van der Waals surface area contributed by atoms with Crippen LogP contribution in [0.4, 0.5) is 0 Å². The lowest BCUT2D eigenvalue weighted by Gasteiger charge is -2.25. The molecule has 2 unspecified atom stereocenters. The zero-order chi connectivity index (χ0) is 38.5. The molecule has 2 atom stereocenters. The summed E-state index contributed by atoms with van der Waals surface area (Å²) in [6.07, 6.45) is 36.0. The second kappa shape index (κ2) is 35.3. The Hall–Kier alpha value is -2.75. The van der Waals surface area contributed by atoms with Crippen molar-refractivity contribution in [3.05, 3.63) is 48.6 Å². The number of allylic oxidation sites excluding steroid dienone is 8. The number of carboxylic acid groups (broad SMARTS) is 1. The summed E-state index contributed by atoms with van der Waals surface area (Å²) in [5, 5.41) is 9.60. The molecule has 9 nitrogen and oxygen atoms in total. The second-order valence-electron chi connectivity index (χ2n) is 14.6. The highest BCUT2D eigenvalue weighted by atomic mass is 16.7. The van der Waals surface area contributed by atoms with Crippen LogP contribution in [-0.2, 0) is 33.3 Å². The lowest BCUT2D eigenvalue weighted by Crippen LogP contribution is -2.40. The molecule has 0 aliphatic carbocycles. The Morgan fingerprint density at radius 2 is 1.10 bits per heavy atom. The standard InChI is InChI=1S/C43H75NO8/c1-6-8-10-12-14-16-18-20-22-23-25-27-29-31-33-40(45)50-37-39(38-51-43(42(47)48)49-36-35-44(3,4)5)52-41(46)34-32-30-28-26-24-21-19-17-15-13-11-9-7-2/h9,11,15,17-18,20-21,24,39,43H,6-8,10,12-14,16,19,22-23,25-38H2,1-5H3/p+1/b11-9-,17-15-,20-18-,24-21-. The minimum Gasteiger partial charge on any atom is -0.477 e. The Balaban J connectivity index is 4.57. The van der Waals surface area contributed by atoms with Crippen LogP contribution in [0.3, 0.4) is 0 Å². The summed E-state index contributed by atoms with van der Waals surface area (Å²) in [6, 6.07) is 0. The van der Waals surface area contributed by atoms with Crippen LogP contribution in [0.1, 0.15) is 149 Å². The maximum Gasteiger partial charge on any atom is 0.361 e. The SMILES string of the molecule is CC/C=C\C/C=C\C/C=C\CCCCCC(=O)OC(COC(=O)CCCCCCC/C=C\CCCCCCC)COC(OCC[N+](C)(C)C)C(=O)O. The summed E-state index contributed by atoms with van der Waals surface area (Å²) < 4.78 is 22.6. The van der Waals surface area contributed by atoms with Crippen LogP contribution in [0.15, 0.2) is 48.6 Å². The number of nitrogens with zero attached hydrogens (tertiary/aromatic N) is 1. The third kappa shape index (κ3) is 35.6. The molecular formula is C43H76NO8+. The number of likely N-dealkylation sites (N-methyl/N-ethyl adjacent to an activating group) is 1. The highest BCUT2D eigenvalue weighted by Gasteiger charge is 2.25. The zero-order valence-corrected chi connectivity index (χ0v) is 33.7. The minimum absolute atomic E-state index is 0.179. The molecule has 0 aliphatic heterocycles. The fourth-order valence-corrected chi connectivity index (χ4v) is 5.14. The predicted octanol–water partition coefficient (Wildman–Crippen LogP) is 10.0. The molecule has 0 aromatic carbocycles. The van der Waals surface area contributed by atoms with Crippen LogP contribution in [-0.4, -0.2) is 87.4 Å². The smallest absolute Gasteiger partial charge is 0.361 e. The number of esters is 2. The summed E-state index contributed by atoms with van der Waals surface area (Å²) in [4.78, 5) is 36.9. The topological polar surface area (TPSA) is 108 Å². The number of aliphatic carboxylic acids is 1. The number of hydrogen-bond donors (Lipinski definition) is 1. The first-order chi connectivity index (χ1) is 25.1.